The van der Waals surface area contributed by atoms with E-state index in [1.165, 1.54) is 12.1 Å². The fourth-order valence-corrected chi connectivity index (χ4v) is 5.56. The Kier molecular flexibility index (Phi) is 5.61. The first-order valence-electron chi connectivity index (χ1n) is 10.3. The van der Waals surface area contributed by atoms with Crippen LogP contribution in [-0.4, -0.2) is 14.4 Å². The van der Waals surface area contributed by atoms with Gasteiger partial charge in [0.25, 0.3) is 0 Å². The van der Waals surface area contributed by atoms with E-state index < -0.39 is 15.8 Å². The Morgan fingerprint density at radius 3 is 2.25 bits per heavy atom. The van der Waals surface area contributed by atoms with Crippen molar-refractivity contribution in [3.63, 3.8) is 0 Å². The van der Waals surface area contributed by atoms with E-state index in [0.717, 1.165) is 22.3 Å². The van der Waals surface area contributed by atoms with Crippen LogP contribution in [0.2, 0.25) is 0 Å². The minimum atomic E-state index is -3.69. The lowest BCUT2D eigenvalue weighted by Gasteiger charge is -2.33. The molecule has 32 heavy (non-hydrogen) atoms. The first kappa shape index (κ1) is 21.8. The lowest BCUT2D eigenvalue weighted by atomic mass is 9.74. The van der Waals surface area contributed by atoms with Gasteiger partial charge >= 0.3 is 0 Å². The predicted octanol–water partition coefficient (Wildman–Crippen LogP) is 4.72. The fourth-order valence-electron chi connectivity index (χ4n) is 3.99. The van der Waals surface area contributed by atoms with Gasteiger partial charge in [-0.1, -0.05) is 92.7 Å². The molecule has 0 N–H and O–H groups in total. The standard InChI is InChI=1S/C27H24O4S/c1-27(2)18-17-24(32(30,31)22-8-4-3-5-9-22)25-20(7-6-10-23(25)27)14-11-19-12-15-21(16-13-19)26(28)29/h3-17H,18H2,1-2H3,(H,28,29)/p-1/b14-11+. The number of aromatic carboxylic acids is 1. The van der Waals surface area contributed by atoms with Crippen LogP contribution >= 0.6 is 0 Å². The lowest BCUT2D eigenvalue weighted by molar-refractivity contribution is -0.255. The number of fused-ring (bicyclic) bond motifs is 1. The van der Waals surface area contributed by atoms with Crippen molar-refractivity contribution in [3.8, 4) is 0 Å². The molecule has 0 bridgehead atoms. The highest BCUT2D eigenvalue weighted by Gasteiger charge is 2.34. The summed E-state index contributed by atoms with van der Waals surface area (Å²) in [6.45, 7) is 4.22. The van der Waals surface area contributed by atoms with Crippen molar-refractivity contribution >= 4 is 32.9 Å². The normalized spacial score (nSPS) is 15.2. The van der Waals surface area contributed by atoms with Crippen LogP contribution in [0.5, 0.6) is 0 Å². The number of carboxylic acid groups (broad SMARTS) is 1. The number of hydrogen-bond donors (Lipinski definition) is 0. The summed E-state index contributed by atoms with van der Waals surface area (Å²) in [4.78, 5) is 11.6. The second-order valence-electron chi connectivity index (χ2n) is 8.49. The summed E-state index contributed by atoms with van der Waals surface area (Å²) in [6.07, 6.45) is 6.18. The molecule has 1 aliphatic carbocycles. The highest BCUT2D eigenvalue weighted by Crippen LogP contribution is 2.44. The molecule has 1 aliphatic rings. The van der Waals surface area contributed by atoms with Crippen molar-refractivity contribution in [2.75, 3.05) is 0 Å². The molecular weight excluding hydrogens is 420 g/mol. The third-order valence-corrected chi connectivity index (χ3v) is 7.66. The Hall–Kier alpha value is -3.44. The SMILES string of the molecule is CC1(C)CC=C(S(=O)(=O)c2ccccc2)c2c(/C=C/c3ccc(C(=O)[O-])cc3)cccc21. The van der Waals surface area contributed by atoms with Crippen molar-refractivity contribution in [1.29, 1.82) is 0 Å². The number of carboxylic acids is 1. The molecule has 5 heteroatoms. The van der Waals surface area contributed by atoms with Gasteiger partial charge in [-0.3, -0.25) is 0 Å². The Morgan fingerprint density at radius 1 is 0.906 bits per heavy atom. The summed E-state index contributed by atoms with van der Waals surface area (Å²) in [6, 6.07) is 20.7. The molecular formula is C27H23O4S-. The van der Waals surface area contributed by atoms with Gasteiger partial charge in [0.2, 0.25) is 9.84 Å². The Balaban J connectivity index is 1.82. The molecule has 0 unspecified atom stereocenters. The molecule has 0 fully saturated rings. The topological polar surface area (TPSA) is 74.3 Å². The highest BCUT2D eigenvalue weighted by atomic mass is 32.2. The predicted molar refractivity (Wildman–Crippen MR) is 125 cm³/mol. The molecule has 0 saturated heterocycles. The smallest absolute Gasteiger partial charge is 0.206 e. The van der Waals surface area contributed by atoms with E-state index in [9.17, 15) is 18.3 Å². The third kappa shape index (κ3) is 4.04. The van der Waals surface area contributed by atoms with E-state index >= 15 is 0 Å². The number of benzene rings is 3. The average molecular weight is 444 g/mol. The van der Waals surface area contributed by atoms with Crippen molar-refractivity contribution < 1.29 is 18.3 Å². The first-order valence-corrected chi connectivity index (χ1v) is 11.8. The van der Waals surface area contributed by atoms with Gasteiger partial charge in [-0.25, -0.2) is 8.42 Å². The minimum Gasteiger partial charge on any atom is -0.545 e. The molecule has 3 aromatic rings. The van der Waals surface area contributed by atoms with Gasteiger partial charge in [0.1, 0.15) is 0 Å². The molecule has 0 saturated carbocycles. The second kappa shape index (κ2) is 8.24. The van der Waals surface area contributed by atoms with E-state index in [0.29, 0.717) is 11.3 Å². The van der Waals surface area contributed by atoms with Crippen molar-refractivity contribution in [2.24, 2.45) is 0 Å². The average Bonchev–Trinajstić information content (AvgIpc) is 2.78. The van der Waals surface area contributed by atoms with Crippen LogP contribution < -0.4 is 5.11 Å². The molecule has 0 spiro atoms. The molecule has 0 heterocycles. The lowest BCUT2D eigenvalue weighted by Crippen LogP contribution is -2.24. The number of rotatable bonds is 5. The van der Waals surface area contributed by atoms with Crippen molar-refractivity contribution in [3.05, 3.63) is 107 Å². The summed E-state index contributed by atoms with van der Waals surface area (Å²) < 4.78 is 27.1. The molecule has 4 rings (SSSR count). The molecule has 0 aromatic heterocycles. The number of carbonyl (C=O) groups excluding carboxylic acids is 1. The number of hydrogen-bond acceptors (Lipinski definition) is 4. The number of sulfone groups is 1. The van der Waals surface area contributed by atoms with Gasteiger partial charge in [-0.15, -0.1) is 0 Å². The zero-order valence-corrected chi connectivity index (χ0v) is 18.7. The van der Waals surface area contributed by atoms with E-state index in [-0.39, 0.29) is 15.9 Å². The Bertz CT molecular complexity index is 1330. The quantitative estimate of drug-likeness (QED) is 0.535. The van der Waals surface area contributed by atoms with Crippen LogP contribution in [0.1, 0.15) is 52.9 Å². The zero-order valence-electron chi connectivity index (χ0n) is 17.9. The van der Waals surface area contributed by atoms with Gasteiger partial charge in [-0.05, 0) is 46.2 Å². The summed E-state index contributed by atoms with van der Waals surface area (Å²) in [5.41, 5.74) is 3.22. The Morgan fingerprint density at radius 2 is 1.59 bits per heavy atom. The van der Waals surface area contributed by atoms with E-state index in [4.69, 9.17) is 0 Å². The molecule has 162 valence electrons. The molecule has 4 nitrogen and oxygen atoms in total. The van der Waals surface area contributed by atoms with E-state index in [1.807, 2.05) is 36.4 Å². The van der Waals surface area contributed by atoms with E-state index in [2.05, 4.69) is 13.8 Å². The third-order valence-electron chi connectivity index (χ3n) is 5.81. The molecule has 0 aliphatic heterocycles. The number of carbonyl (C=O) groups is 1. The second-order valence-corrected chi connectivity index (χ2v) is 10.4. The van der Waals surface area contributed by atoms with Crippen LogP contribution in [0.4, 0.5) is 0 Å². The fraction of sp³-hybridized carbons (Fsp3) is 0.148. The maximum Gasteiger partial charge on any atom is 0.206 e. The van der Waals surface area contributed by atoms with Gasteiger partial charge in [-0.2, -0.15) is 0 Å². The zero-order chi connectivity index (χ0) is 22.9. The van der Waals surface area contributed by atoms with Crippen LogP contribution in [0.25, 0.3) is 17.1 Å². The first-order chi connectivity index (χ1) is 15.2. The summed E-state index contributed by atoms with van der Waals surface area (Å²) in [5, 5.41) is 11.0. The number of allylic oxidation sites excluding steroid dienone is 1. The van der Waals surface area contributed by atoms with Gasteiger partial charge < -0.3 is 9.90 Å². The largest absolute Gasteiger partial charge is 0.545 e. The Labute approximate surface area is 188 Å². The van der Waals surface area contributed by atoms with Gasteiger partial charge in [0.05, 0.1) is 15.8 Å². The summed E-state index contributed by atoms with van der Waals surface area (Å²) >= 11 is 0. The van der Waals surface area contributed by atoms with Crippen LogP contribution in [0.15, 0.2) is 83.8 Å². The van der Waals surface area contributed by atoms with Crippen molar-refractivity contribution in [2.45, 2.75) is 30.6 Å². The molecule has 0 radical (unpaired) electrons. The van der Waals surface area contributed by atoms with Crippen molar-refractivity contribution in [1.82, 2.24) is 0 Å². The van der Waals surface area contributed by atoms with E-state index in [1.54, 1.807) is 42.5 Å². The maximum atomic E-state index is 13.5. The molecule has 3 aromatic carbocycles. The molecule has 0 amide bonds. The van der Waals surface area contributed by atoms with Gasteiger partial charge in [0, 0.05) is 5.56 Å². The monoisotopic (exact) mass is 443 g/mol. The highest BCUT2D eigenvalue weighted by molar-refractivity contribution is 8.00. The van der Waals surface area contributed by atoms with Gasteiger partial charge in [0.15, 0.2) is 0 Å². The molecule has 0 atom stereocenters. The van der Waals surface area contributed by atoms with Crippen LogP contribution in [0.3, 0.4) is 0 Å². The summed E-state index contributed by atoms with van der Waals surface area (Å²) in [7, 11) is -3.69. The summed E-state index contributed by atoms with van der Waals surface area (Å²) in [5.74, 6) is -1.22. The minimum absolute atomic E-state index is 0.111. The maximum absolute atomic E-state index is 13.5. The van der Waals surface area contributed by atoms with Crippen LogP contribution in [-0.2, 0) is 15.3 Å². The van der Waals surface area contributed by atoms with Crippen LogP contribution in [0, 0.1) is 0 Å².